The SMILES string of the molecule is O=C(NCC(CCc1ccc(-c2ccccc2)cc1)n1cc(-c2ncnc3[nH]ccc23)cn1)c1ccccc1O. The van der Waals surface area contributed by atoms with Crippen LogP contribution in [0.3, 0.4) is 0 Å². The summed E-state index contributed by atoms with van der Waals surface area (Å²) < 4.78 is 1.89. The van der Waals surface area contributed by atoms with E-state index in [9.17, 15) is 9.90 Å². The standard InChI is InChI=1S/C32H28N6O2/c39-29-9-5-4-8-27(29)32(40)34-19-26(15-12-22-10-13-24(14-11-22)23-6-2-1-3-7-23)38-20-25(18-37-38)30-28-16-17-33-31(28)36-21-35-30/h1-11,13-14,16-18,20-21,26,39H,12,15,19H2,(H,34,40)(H,33,35,36). The van der Waals surface area contributed by atoms with Crippen LogP contribution in [-0.4, -0.2) is 42.3 Å². The molecule has 1 amide bonds. The molecule has 0 fully saturated rings. The Morgan fingerprint density at radius 2 is 1.68 bits per heavy atom. The Labute approximate surface area is 231 Å². The van der Waals surface area contributed by atoms with Gasteiger partial charge in [0.1, 0.15) is 17.7 Å². The van der Waals surface area contributed by atoms with Crippen LogP contribution in [0.2, 0.25) is 0 Å². The second-order valence-corrected chi connectivity index (χ2v) is 9.65. The number of aryl methyl sites for hydroxylation is 1. The van der Waals surface area contributed by atoms with E-state index in [0.29, 0.717) is 6.54 Å². The number of nitrogens with zero attached hydrogens (tertiary/aromatic N) is 4. The van der Waals surface area contributed by atoms with E-state index in [1.165, 1.54) is 29.1 Å². The number of phenolic OH excluding ortho intramolecular Hbond substituents is 1. The number of hydrogen-bond donors (Lipinski definition) is 3. The molecule has 40 heavy (non-hydrogen) atoms. The third-order valence-corrected chi connectivity index (χ3v) is 7.08. The normalized spacial score (nSPS) is 11.9. The van der Waals surface area contributed by atoms with Gasteiger partial charge in [-0.2, -0.15) is 5.10 Å². The van der Waals surface area contributed by atoms with Gasteiger partial charge in [0.05, 0.1) is 23.5 Å². The summed E-state index contributed by atoms with van der Waals surface area (Å²) in [4.78, 5) is 24.8. The number of carbonyl (C=O) groups excluding carboxylic acids is 1. The summed E-state index contributed by atoms with van der Waals surface area (Å²) in [6.45, 7) is 0.347. The monoisotopic (exact) mass is 528 g/mol. The van der Waals surface area contributed by atoms with Gasteiger partial charge in [0.2, 0.25) is 0 Å². The van der Waals surface area contributed by atoms with E-state index in [2.05, 4.69) is 61.8 Å². The van der Waals surface area contributed by atoms with Crippen LogP contribution in [0.15, 0.2) is 110 Å². The number of H-pyrrole nitrogens is 1. The Morgan fingerprint density at radius 1 is 0.900 bits per heavy atom. The lowest BCUT2D eigenvalue weighted by atomic mass is 10.0. The molecule has 3 heterocycles. The first-order valence-electron chi connectivity index (χ1n) is 13.2. The van der Waals surface area contributed by atoms with Crippen LogP contribution in [0.5, 0.6) is 5.75 Å². The molecular formula is C32H28N6O2. The van der Waals surface area contributed by atoms with Crippen LogP contribution in [0.1, 0.15) is 28.4 Å². The van der Waals surface area contributed by atoms with E-state index in [1.54, 1.807) is 24.4 Å². The van der Waals surface area contributed by atoms with Crippen LogP contribution in [0.4, 0.5) is 0 Å². The molecule has 1 atom stereocenters. The van der Waals surface area contributed by atoms with E-state index < -0.39 is 0 Å². The van der Waals surface area contributed by atoms with Crippen molar-refractivity contribution in [2.45, 2.75) is 18.9 Å². The van der Waals surface area contributed by atoms with Crippen LogP contribution in [0, 0.1) is 0 Å². The number of carbonyl (C=O) groups is 1. The molecule has 8 nitrogen and oxygen atoms in total. The highest BCUT2D eigenvalue weighted by Gasteiger charge is 2.18. The van der Waals surface area contributed by atoms with Crippen molar-refractivity contribution in [2.24, 2.45) is 0 Å². The number of aromatic amines is 1. The van der Waals surface area contributed by atoms with Crippen LogP contribution in [0.25, 0.3) is 33.4 Å². The molecule has 6 rings (SSSR count). The van der Waals surface area contributed by atoms with Gasteiger partial charge < -0.3 is 15.4 Å². The average molecular weight is 529 g/mol. The number of hydrogen-bond acceptors (Lipinski definition) is 5. The molecule has 0 bridgehead atoms. The van der Waals surface area contributed by atoms with Gasteiger partial charge in [-0.15, -0.1) is 0 Å². The van der Waals surface area contributed by atoms with Crippen molar-refractivity contribution < 1.29 is 9.90 Å². The third-order valence-electron chi connectivity index (χ3n) is 7.08. The summed E-state index contributed by atoms with van der Waals surface area (Å²) in [7, 11) is 0. The summed E-state index contributed by atoms with van der Waals surface area (Å²) in [6, 6.07) is 27.3. The lowest BCUT2D eigenvalue weighted by Gasteiger charge is -2.19. The summed E-state index contributed by atoms with van der Waals surface area (Å²) in [5, 5.41) is 18.7. The van der Waals surface area contributed by atoms with Gasteiger partial charge in [0.25, 0.3) is 5.91 Å². The first-order valence-corrected chi connectivity index (χ1v) is 13.2. The summed E-state index contributed by atoms with van der Waals surface area (Å²) in [5.74, 6) is -0.372. The number of fused-ring (bicyclic) bond motifs is 1. The maximum Gasteiger partial charge on any atom is 0.255 e. The van der Waals surface area contributed by atoms with Gasteiger partial charge >= 0.3 is 0 Å². The maximum atomic E-state index is 12.9. The molecule has 3 aromatic carbocycles. The second kappa shape index (κ2) is 11.2. The summed E-state index contributed by atoms with van der Waals surface area (Å²) >= 11 is 0. The van der Waals surface area contributed by atoms with E-state index in [1.807, 2.05) is 41.3 Å². The number of amides is 1. The number of benzene rings is 3. The molecule has 0 radical (unpaired) electrons. The zero-order valence-electron chi connectivity index (χ0n) is 21.7. The van der Waals surface area contributed by atoms with Crippen molar-refractivity contribution in [3.05, 3.63) is 121 Å². The fourth-order valence-electron chi connectivity index (χ4n) is 4.89. The number of para-hydroxylation sites is 1. The first-order chi connectivity index (χ1) is 19.7. The zero-order chi connectivity index (χ0) is 27.3. The number of rotatable bonds is 9. The third kappa shape index (κ3) is 5.33. The average Bonchev–Trinajstić information content (AvgIpc) is 3.68. The minimum absolute atomic E-state index is 0.0456. The van der Waals surface area contributed by atoms with Crippen LogP contribution < -0.4 is 5.32 Å². The lowest BCUT2D eigenvalue weighted by molar-refractivity contribution is 0.0943. The van der Waals surface area contributed by atoms with Gasteiger partial charge in [0.15, 0.2) is 0 Å². The van der Waals surface area contributed by atoms with E-state index in [-0.39, 0.29) is 23.3 Å². The van der Waals surface area contributed by atoms with Crippen molar-refractivity contribution >= 4 is 16.9 Å². The molecule has 3 N–H and O–H groups in total. The van der Waals surface area contributed by atoms with E-state index in [0.717, 1.165) is 35.1 Å². The highest BCUT2D eigenvalue weighted by Crippen LogP contribution is 2.26. The highest BCUT2D eigenvalue weighted by atomic mass is 16.3. The van der Waals surface area contributed by atoms with Crippen molar-refractivity contribution in [3.8, 4) is 28.1 Å². The van der Waals surface area contributed by atoms with Gasteiger partial charge in [-0.1, -0.05) is 66.7 Å². The molecule has 8 heteroatoms. The fraction of sp³-hybridized carbons (Fsp3) is 0.125. The summed E-state index contributed by atoms with van der Waals surface area (Å²) in [6.07, 6.45) is 8.68. The fourth-order valence-corrected chi connectivity index (χ4v) is 4.89. The molecule has 0 aliphatic rings. The Balaban J connectivity index is 1.22. The molecule has 0 saturated carbocycles. The number of aromatic hydroxyl groups is 1. The molecule has 0 aliphatic heterocycles. The number of phenols is 1. The summed E-state index contributed by atoms with van der Waals surface area (Å²) in [5.41, 5.74) is 6.24. The quantitative estimate of drug-likeness (QED) is 0.220. The molecule has 0 aliphatic carbocycles. The van der Waals surface area contributed by atoms with Crippen molar-refractivity contribution in [1.29, 1.82) is 0 Å². The van der Waals surface area contributed by atoms with Gasteiger partial charge in [-0.05, 0) is 47.7 Å². The van der Waals surface area contributed by atoms with Gasteiger partial charge in [0, 0.05) is 29.9 Å². The Morgan fingerprint density at radius 3 is 2.50 bits per heavy atom. The van der Waals surface area contributed by atoms with Crippen molar-refractivity contribution in [2.75, 3.05) is 6.54 Å². The number of nitrogens with one attached hydrogen (secondary N) is 2. The largest absolute Gasteiger partial charge is 0.507 e. The van der Waals surface area contributed by atoms with Crippen molar-refractivity contribution in [3.63, 3.8) is 0 Å². The highest BCUT2D eigenvalue weighted by molar-refractivity contribution is 5.96. The molecule has 198 valence electrons. The molecule has 0 spiro atoms. The van der Waals surface area contributed by atoms with Gasteiger partial charge in [-0.3, -0.25) is 9.48 Å². The van der Waals surface area contributed by atoms with E-state index in [4.69, 9.17) is 0 Å². The lowest BCUT2D eigenvalue weighted by Crippen LogP contribution is -2.31. The first kappa shape index (κ1) is 25.1. The van der Waals surface area contributed by atoms with E-state index >= 15 is 0 Å². The molecule has 6 aromatic rings. The molecule has 0 saturated heterocycles. The minimum Gasteiger partial charge on any atom is -0.507 e. The van der Waals surface area contributed by atoms with Crippen LogP contribution in [-0.2, 0) is 6.42 Å². The van der Waals surface area contributed by atoms with Crippen LogP contribution >= 0.6 is 0 Å². The number of aromatic nitrogens is 5. The topological polar surface area (TPSA) is 109 Å². The smallest absolute Gasteiger partial charge is 0.255 e. The van der Waals surface area contributed by atoms with Gasteiger partial charge in [-0.25, -0.2) is 9.97 Å². The Bertz CT molecular complexity index is 1740. The minimum atomic E-state index is -0.326. The predicted octanol–water partition coefficient (Wildman–Crippen LogP) is 5.80. The predicted molar refractivity (Wildman–Crippen MR) is 155 cm³/mol. The Kier molecular flexibility index (Phi) is 7.05. The van der Waals surface area contributed by atoms with Crippen molar-refractivity contribution in [1.82, 2.24) is 30.0 Å². The molecular weight excluding hydrogens is 500 g/mol. The maximum absolute atomic E-state index is 12.9. The Hall–Kier alpha value is -5.24. The zero-order valence-corrected chi connectivity index (χ0v) is 21.7. The molecule has 3 aromatic heterocycles. The molecule has 1 unspecified atom stereocenters. The second-order valence-electron chi connectivity index (χ2n) is 9.65.